The molecular weight excluding hydrogens is 406 g/mol. The quantitative estimate of drug-likeness (QED) is 0.492. The van der Waals surface area contributed by atoms with E-state index in [0.29, 0.717) is 16.7 Å². The number of hydrogen-bond donors (Lipinski definition) is 1. The minimum atomic E-state index is -0.671. The summed E-state index contributed by atoms with van der Waals surface area (Å²) in [6, 6.07) is 9.17. The number of ketones is 1. The Morgan fingerprint density at radius 2 is 1.91 bits per heavy atom. The number of pyridine rings is 2. The van der Waals surface area contributed by atoms with Gasteiger partial charge in [0.2, 0.25) is 11.7 Å². The van der Waals surface area contributed by atoms with Gasteiger partial charge >= 0.3 is 0 Å². The molecule has 7 heteroatoms. The smallest absolute Gasteiger partial charge is 0.271 e. The van der Waals surface area contributed by atoms with Gasteiger partial charge in [0.1, 0.15) is 17.2 Å². The average molecular weight is 427 g/mol. The predicted molar refractivity (Wildman–Crippen MR) is 119 cm³/mol. The largest absolute Gasteiger partial charge is 0.494 e. The molecule has 160 valence electrons. The highest BCUT2D eigenvalue weighted by atomic mass is 16.3. The third-order valence-electron chi connectivity index (χ3n) is 5.92. The monoisotopic (exact) mass is 427 g/mol. The van der Waals surface area contributed by atoms with Crippen molar-refractivity contribution in [2.45, 2.75) is 34.2 Å². The van der Waals surface area contributed by atoms with Crippen molar-refractivity contribution in [2.24, 2.45) is 0 Å². The fraction of sp³-hybridized carbons (Fsp3) is 0.200. The van der Waals surface area contributed by atoms with Crippen molar-refractivity contribution in [3.63, 3.8) is 0 Å². The lowest BCUT2D eigenvalue weighted by atomic mass is 9.98. The topological polar surface area (TPSA) is 109 Å². The summed E-state index contributed by atoms with van der Waals surface area (Å²) in [5.74, 6) is -1.02. The molecule has 3 heterocycles. The molecule has 1 N–H and O–H groups in total. The number of fused-ring (bicyclic) bond motifs is 1. The maximum atomic E-state index is 13.6. The van der Waals surface area contributed by atoms with E-state index in [9.17, 15) is 20.0 Å². The Balaban J connectivity index is 1.95. The fourth-order valence-electron chi connectivity index (χ4n) is 3.89. The van der Waals surface area contributed by atoms with E-state index >= 15 is 0 Å². The van der Waals surface area contributed by atoms with Crippen LogP contribution in [0.15, 0.2) is 45.9 Å². The maximum Gasteiger partial charge on any atom is 0.271 e. The van der Waals surface area contributed by atoms with E-state index in [1.807, 2.05) is 32.0 Å². The van der Waals surface area contributed by atoms with Crippen molar-refractivity contribution in [2.75, 3.05) is 0 Å². The van der Waals surface area contributed by atoms with Crippen molar-refractivity contribution in [1.82, 2.24) is 9.55 Å². The summed E-state index contributed by atoms with van der Waals surface area (Å²) in [6.45, 7) is 7.09. The van der Waals surface area contributed by atoms with Gasteiger partial charge in [0.05, 0.1) is 12.1 Å². The molecule has 0 aliphatic heterocycles. The molecule has 4 aromatic rings. The minimum absolute atomic E-state index is 0.0365. The fourth-order valence-corrected chi connectivity index (χ4v) is 3.89. The Morgan fingerprint density at radius 1 is 1.16 bits per heavy atom. The molecule has 0 amide bonds. The van der Waals surface area contributed by atoms with Crippen LogP contribution >= 0.6 is 0 Å². The molecule has 0 saturated heterocycles. The van der Waals surface area contributed by atoms with Gasteiger partial charge < -0.3 is 9.52 Å². The van der Waals surface area contributed by atoms with E-state index in [1.54, 1.807) is 31.5 Å². The first kappa shape index (κ1) is 21.1. The van der Waals surface area contributed by atoms with E-state index in [4.69, 9.17) is 4.42 Å². The highest BCUT2D eigenvalue weighted by Gasteiger charge is 2.29. The molecule has 0 radical (unpaired) electrons. The van der Waals surface area contributed by atoms with Crippen LogP contribution in [0.4, 0.5) is 0 Å². The third kappa shape index (κ3) is 3.17. The lowest BCUT2D eigenvalue weighted by molar-refractivity contribution is 0.101. The number of aryl methyl sites for hydroxylation is 3. The molecule has 7 nitrogen and oxygen atoms in total. The molecule has 0 atom stereocenters. The Bertz CT molecular complexity index is 1490. The summed E-state index contributed by atoms with van der Waals surface area (Å²) in [5.41, 5.74) is 2.96. The Labute approximate surface area is 184 Å². The lowest BCUT2D eigenvalue weighted by Crippen LogP contribution is -2.27. The standard InChI is InChI=1S/C25H21N3O4/c1-13-7-8-18-16(4)23(32-22(18)14(13)2)21(29)20-15(3)19(10-26)24(30)28(25(20)31)12-17-6-5-9-27-11-17/h5-9,11,31H,12H2,1-4H3. The molecule has 1 aromatic carbocycles. The lowest BCUT2D eigenvalue weighted by Gasteiger charge is -2.15. The normalized spacial score (nSPS) is 11.0. The maximum absolute atomic E-state index is 13.6. The van der Waals surface area contributed by atoms with Gasteiger partial charge in [0.15, 0.2) is 5.76 Å². The Morgan fingerprint density at radius 3 is 2.56 bits per heavy atom. The Kier molecular flexibility index (Phi) is 5.15. The summed E-state index contributed by atoms with van der Waals surface area (Å²) < 4.78 is 6.97. The third-order valence-corrected chi connectivity index (χ3v) is 5.92. The first-order chi connectivity index (χ1) is 15.3. The summed E-state index contributed by atoms with van der Waals surface area (Å²) >= 11 is 0. The van der Waals surface area contributed by atoms with E-state index in [1.165, 1.54) is 6.92 Å². The van der Waals surface area contributed by atoms with Crippen LogP contribution in [-0.4, -0.2) is 20.4 Å². The van der Waals surface area contributed by atoms with E-state index in [2.05, 4.69) is 4.98 Å². The number of aromatic hydroxyl groups is 1. The van der Waals surface area contributed by atoms with Crippen molar-refractivity contribution in [3.8, 4) is 11.9 Å². The van der Waals surface area contributed by atoms with Gasteiger partial charge in [-0.25, -0.2) is 0 Å². The van der Waals surface area contributed by atoms with Gasteiger partial charge in [-0.2, -0.15) is 5.26 Å². The van der Waals surface area contributed by atoms with Gasteiger partial charge in [0, 0.05) is 23.3 Å². The summed E-state index contributed by atoms with van der Waals surface area (Å²) in [5, 5.41) is 21.4. The number of furan rings is 1. The molecule has 0 bridgehead atoms. The van der Waals surface area contributed by atoms with E-state index < -0.39 is 17.2 Å². The van der Waals surface area contributed by atoms with E-state index in [-0.39, 0.29) is 29.0 Å². The van der Waals surface area contributed by atoms with Crippen LogP contribution in [0, 0.1) is 39.0 Å². The molecule has 0 spiro atoms. The number of aromatic nitrogens is 2. The predicted octanol–water partition coefficient (Wildman–Crippen LogP) is 4.08. The number of nitrogens with zero attached hydrogens (tertiary/aromatic N) is 3. The second-order valence-electron chi connectivity index (χ2n) is 7.83. The molecule has 0 fully saturated rings. The number of rotatable bonds is 4. The van der Waals surface area contributed by atoms with Crippen LogP contribution in [0.1, 0.15) is 49.5 Å². The minimum Gasteiger partial charge on any atom is -0.494 e. The summed E-state index contributed by atoms with van der Waals surface area (Å²) in [6.07, 6.45) is 3.14. The average Bonchev–Trinajstić information content (AvgIpc) is 3.12. The first-order valence-corrected chi connectivity index (χ1v) is 10.1. The van der Waals surface area contributed by atoms with Crippen LogP contribution in [0.2, 0.25) is 0 Å². The molecular formula is C25H21N3O4. The van der Waals surface area contributed by atoms with Gasteiger partial charge in [-0.05, 0) is 56.0 Å². The van der Waals surface area contributed by atoms with Crippen molar-refractivity contribution < 1.29 is 14.3 Å². The molecule has 32 heavy (non-hydrogen) atoms. The van der Waals surface area contributed by atoms with Crippen LogP contribution in [0.5, 0.6) is 5.88 Å². The van der Waals surface area contributed by atoms with Gasteiger partial charge in [-0.15, -0.1) is 0 Å². The number of carbonyl (C=O) groups excluding carboxylic acids is 1. The molecule has 3 aromatic heterocycles. The molecule has 0 saturated carbocycles. The zero-order valence-corrected chi connectivity index (χ0v) is 18.2. The van der Waals surface area contributed by atoms with Gasteiger partial charge in [-0.1, -0.05) is 18.2 Å². The zero-order valence-electron chi connectivity index (χ0n) is 18.2. The number of nitriles is 1. The van der Waals surface area contributed by atoms with Crippen molar-refractivity contribution in [3.05, 3.63) is 91.7 Å². The molecule has 0 aliphatic rings. The molecule has 0 unspecified atom stereocenters. The highest BCUT2D eigenvalue weighted by Crippen LogP contribution is 2.33. The second-order valence-corrected chi connectivity index (χ2v) is 7.83. The number of hydrogen-bond acceptors (Lipinski definition) is 6. The van der Waals surface area contributed by atoms with Gasteiger partial charge in [-0.3, -0.25) is 19.1 Å². The Hall–Kier alpha value is -4.18. The molecule has 0 aliphatic carbocycles. The van der Waals surface area contributed by atoms with Crippen LogP contribution in [0.25, 0.3) is 11.0 Å². The van der Waals surface area contributed by atoms with Crippen molar-refractivity contribution >= 4 is 16.8 Å². The molecule has 4 rings (SSSR count). The zero-order chi connectivity index (χ0) is 23.2. The first-order valence-electron chi connectivity index (χ1n) is 10.1. The van der Waals surface area contributed by atoms with Crippen molar-refractivity contribution in [1.29, 1.82) is 5.26 Å². The van der Waals surface area contributed by atoms with Crippen LogP contribution in [-0.2, 0) is 6.54 Å². The number of benzene rings is 1. The van der Waals surface area contributed by atoms with Crippen LogP contribution in [0.3, 0.4) is 0 Å². The van der Waals surface area contributed by atoms with Crippen LogP contribution < -0.4 is 5.56 Å². The summed E-state index contributed by atoms with van der Waals surface area (Å²) in [4.78, 5) is 30.5. The number of carbonyl (C=O) groups is 1. The highest BCUT2D eigenvalue weighted by molar-refractivity contribution is 6.13. The second kappa shape index (κ2) is 7.82. The SMILES string of the molecule is Cc1ccc2c(C)c(C(=O)c3c(C)c(C#N)c(=O)n(Cc4cccnc4)c3O)oc2c1C. The van der Waals surface area contributed by atoms with Gasteiger partial charge in [0.25, 0.3) is 5.56 Å². The van der Waals surface area contributed by atoms with E-state index in [0.717, 1.165) is 21.1 Å². The summed E-state index contributed by atoms with van der Waals surface area (Å²) in [7, 11) is 0.